The second-order valence-corrected chi connectivity index (χ2v) is 5.80. The van der Waals surface area contributed by atoms with Gasteiger partial charge in [0.15, 0.2) is 11.5 Å². The molecule has 2 aromatic heterocycles. The topological polar surface area (TPSA) is 59.9 Å². The average molecular weight is 374 g/mol. The normalized spacial score (nSPS) is 12.4. The van der Waals surface area contributed by atoms with Crippen LogP contribution < -0.4 is 10.1 Å². The number of para-hydroxylation sites is 1. The number of ether oxygens (including phenoxy) is 1. The Kier molecular flexibility index (Phi) is 5.54. The van der Waals surface area contributed by atoms with Crippen molar-refractivity contribution in [1.82, 2.24) is 15.0 Å². The van der Waals surface area contributed by atoms with E-state index in [0.29, 0.717) is 5.75 Å². The highest BCUT2D eigenvalue weighted by atomic mass is 19.4. The van der Waals surface area contributed by atoms with Crippen LogP contribution in [0.3, 0.4) is 0 Å². The van der Waals surface area contributed by atoms with E-state index in [1.165, 1.54) is 6.20 Å². The van der Waals surface area contributed by atoms with Gasteiger partial charge in [-0.3, -0.25) is 4.98 Å². The number of hydrogen-bond acceptors (Lipinski definition) is 5. The zero-order valence-corrected chi connectivity index (χ0v) is 14.4. The molecule has 1 N–H and O–H groups in total. The van der Waals surface area contributed by atoms with Crippen LogP contribution in [0, 0.1) is 0 Å². The molecule has 0 aliphatic rings. The molecular formula is C19H17F3N4O. The Morgan fingerprint density at radius 1 is 1.04 bits per heavy atom. The van der Waals surface area contributed by atoms with Gasteiger partial charge in [0.25, 0.3) is 0 Å². The molecule has 1 atom stereocenters. The highest BCUT2D eigenvalue weighted by Crippen LogP contribution is 2.30. The van der Waals surface area contributed by atoms with E-state index in [1.807, 2.05) is 37.3 Å². The van der Waals surface area contributed by atoms with Gasteiger partial charge in [0.1, 0.15) is 23.4 Å². The molecule has 2 heterocycles. The van der Waals surface area contributed by atoms with Crippen LogP contribution in [0.15, 0.2) is 60.8 Å². The number of benzene rings is 1. The molecule has 0 aliphatic heterocycles. The molecule has 1 unspecified atom stereocenters. The molecular weight excluding hydrogens is 357 g/mol. The largest absolute Gasteiger partial charge is 0.489 e. The molecule has 8 heteroatoms. The van der Waals surface area contributed by atoms with E-state index >= 15 is 0 Å². The molecule has 0 saturated heterocycles. The predicted molar refractivity (Wildman–Crippen MR) is 95.3 cm³/mol. The molecule has 0 spiro atoms. The lowest BCUT2D eigenvalue weighted by atomic mass is 10.3. The molecule has 0 amide bonds. The number of anilines is 1. The predicted octanol–water partition coefficient (Wildman–Crippen LogP) is 4.44. The Balaban J connectivity index is 1.78. The Morgan fingerprint density at radius 2 is 1.78 bits per heavy atom. The number of alkyl halides is 3. The number of nitrogens with one attached hydrogen (secondary N) is 1. The smallest absolute Gasteiger partial charge is 0.433 e. The fourth-order valence-corrected chi connectivity index (χ4v) is 2.31. The molecule has 5 nitrogen and oxygen atoms in total. The summed E-state index contributed by atoms with van der Waals surface area (Å²) in [5.41, 5.74) is -0.766. The molecule has 140 valence electrons. The van der Waals surface area contributed by atoms with Crippen LogP contribution in [-0.2, 0) is 6.18 Å². The summed E-state index contributed by atoms with van der Waals surface area (Å²) < 4.78 is 45.3. The van der Waals surface area contributed by atoms with Gasteiger partial charge in [0.05, 0.1) is 6.54 Å². The van der Waals surface area contributed by atoms with Crippen LogP contribution in [0.4, 0.5) is 19.0 Å². The molecule has 0 saturated carbocycles. The number of pyridine rings is 1. The number of halogens is 3. The first kappa shape index (κ1) is 18.6. The summed E-state index contributed by atoms with van der Waals surface area (Å²) >= 11 is 0. The number of rotatable bonds is 6. The molecule has 1 aromatic carbocycles. The van der Waals surface area contributed by atoms with Crippen molar-refractivity contribution in [2.45, 2.75) is 19.2 Å². The second kappa shape index (κ2) is 8.03. The maximum absolute atomic E-state index is 13.2. The van der Waals surface area contributed by atoms with Gasteiger partial charge in [-0.15, -0.1) is 0 Å². The average Bonchev–Trinajstić information content (AvgIpc) is 2.67. The fourth-order valence-electron chi connectivity index (χ4n) is 2.31. The third-order valence-electron chi connectivity index (χ3n) is 3.56. The van der Waals surface area contributed by atoms with Crippen molar-refractivity contribution < 1.29 is 17.9 Å². The molecule has 0 aliphatic carbocycles. The third-order valence-corrected chi connectivity index (χ3v) is 3.56. The number of aromatic nitrogens is 3. The van der Waals surface area contributed by atoms with Crippen molar-refractivity contribution in [2.75, 3.05) is 11.9 Å². The molecule has 3 aromatic rings. The summed E-state index contributed by atoms with van der Waals surface area (Å²) in [5.74, 6) is 0.644. The van der Waals surface area contributed by atoms with Crippen molar-refractivity contribution in [3.8, 4) is 17.3 Å². The SMILES string of the molecule is CC(CNc1cc(C(F)(F)F)nc(-c2ccccn2)n1)Oc1ccccc1. The van der Waals surface area contributed by atoms with Crippen LogP contribution in [0.2, 0.25) is 0 Å². The molecule has 3 rings (SSSR count). The van der Waals surface area contributed by atoms with E-state index in [-0.39, 0.29) is 30.0 Å². The van der Waals surface area contributed by atoms with Crippen molar-refractivity contribution >= 4 is 5.82 Å². The fraction of sp³-hybridized carbons (Fsp3) is 0.211. The lowest BCUT2D eigenvalue weighted by Gasteiger charge is -2.17. The Hall–Kier alpha value is -3.16. The van der Waals surface area contributed by atoms with Crippen LogP contribution in [0.1, 0.15) is 12.6 Å². The van der Waals surface area contributed by atoms with E-state index in [9.17, 15) is 13.2 Å². The van der Waals surface area contributed by atoms with E-state index in [2.05, 4.69) is 20.3 Å². The molecule has 0 fully saturated rings. The quantitative estimate of drug-likeness (QED) is 0.691. The minimum Gasteiger partial charge on any atom is -0.489 e. The lowest BCUT2D eigenvalue weighted by Crippen LogP contribution is -2.23. The summed E-state index contributed by atoms with van der Waals surface area (Å²) in [5, 5.41) is 2.88. The van der Waals surface area contributed by atoms with Gasteiger partial charge >= 0.3 is 6.18 Å². The van der Waals surface area contributed by atoms with Crippen LogP contribution >= 0.6 is 0 Å². The van der Waals surface area contributed by atoms with Gasteiger partial charge in [0.2, 0.25) is 0 Å². The third kappa shape index (κ3) is 5.16. The first-order valence-corrected chi connectivity index (χ1v) is 8.25. The summed E-state index contributed by atoms with van der Waals surface area (Å²) in [6.45, 7) is 2.08. The van der Waals surface area contributed by atoms with E-state index < -0.39 is 11.9 Å². The van der Waals surface area contributed by atoms with Crippen molar-refractivity contribution in [1.29, 1.82) is 0 Å². The van der Waals surface area contributed by atoms with Crippen molar-refractivity contribution in [2.24, 2.45) is 0 Å². The Morgan fingerprint density at radius 3 is 2.44 bits per heavy atom. The van der Waals surface area contributed by atoms with Crippen LogP contribution in [0.25, 0.3) is 11.5 Å². The van der Waals surface area contributed by atoms with Crippen LogP contribution in [-0.4, -0.2) is 27.6 Å². The van der Waals surface area contributed by atoms with Crippen molar-refractivity contribution in [3.63, 3.8) is 0 Å². The molecule has 0 bridgehead atoms. The van der Waals surface area contributed by atoms with Gasteiger partial charge in [0, 0.05) is 12.3 Å². The summed E-state index contributed by atoms with van der Waals surface area (Å²) in [6, 6.07) is 14.9. The Labute approximate surface area is 154 Å². The maximum Gasteiger partial charge on any atom is 0.433 e. The van der Waals surface area contributed by atoms with Gasteiger partial charge in [-0.2, -0.15) is 13.2 Å². The van der Waals surface area contributed by atoms with E-state index in [0.717, 1.165) is 6.07 Å². The second-order valence-electron chi connectivity index (χ2n) is 5.80. The summed E-state index contributed by atoms with van der Waals surface area (Å²) in [6.07, 6.45) is -3.40. The van der Waals surface area contributed by atoms with Crippen LogP contribution in [0.5, 0.6) is 5.75 Å². The highest BCUT2D eigenvalue weighted by molar-refractivity contribution is 5.53. The molecule has 0 radical (unpaired) electrons. The maximum atomic E-state index is 13.2. The molecule has 27 heavy (non-hydrogen) atoms. The van der Waals surface area contributed by atoms with Gasteiger partial charge in [-0.1, -0.05) is 24.3 Å². The monoisotopic (exact) mass is 374 g/mol. The lowest BCUT2D eigenvalue weighted by molar-refractivity contribution is -0.141. The minimum atomic E-state index is -4.59. The number of nitrogens with zero attached hydrogens (tertiary/aromatic N) is 3. The Bertz CT molecular complexity index is 873. The summed E-state index contributed by atoms with van der Waals surface area (Å²) in [7, 11) is 0. The minimum absolute atomic E-state index is 0.0569. The van der Waals surface area contributed by atoms with Crippen molar-refractivity contribution in [3.05, 3.63) is 66.5 Å². The first-order valence-electron chi connectivity index (χ1n) is 8.25. The highest BCUT2D eigenvalue weighted by Gasteiger charge is 2.34. The van der Waals surface area contributed by atoms with Gasteiger partial charge in [-0.25, -0.2) is 9.97 Å². The van der Waals surface area contributed by atoms with Gasteiger partial charge < -0.3 is 10.1 Å². The standard InChI is InChI=1S/C19H17F3N4O/c1-13(27-14-7-3-2-4-8-14)12-24-17-11-16(19(20,21)22)25-18(26-17)15-9-5-6-10-23-15/h2-11,13H,12H2,1H3,(H,24,25,26). The zero-order chi connectivity index (χ0) is 19.3. The van der Waals surface area contributed by atoms with E-state index in [1.54, 1.807) is 18.2 Å². The number of hydrogen-bond donors (Lipinski definition) is 1. The zero-order valence-electron chi connectivity index (χ0n) is 14.4. The van der Waals surface area contributed by atoms with Gasteiger partial charge in [-0.05, 0) is 31.2 Å². The summed E-state index contributed by atoms with van der Waals surface area (Å²) in [4.78, 5) is 11.8. The first-order chi connectivity index (χ1) is 12.9. The van der Waals surface area contributed by atoms with E-state index in [4.69, 9.17) is 4.74 Å².